The van der Waals surface area contributed by atoms with E-state index in [0.29, 0.717) is 26.1 Å². The van der Waals surface area contributed by atoms with Crippen LogP contribution in [0.4, 0.5) is 11.5 Å². The van der Waals surface area contributed by atoms with Crippen LogP contribution in [-0.2, 0) is 38.3 Å². The maximum Gasteiger partial charge on any atom is 0.306 e. The molecular formula is C34H40ClN5O4. The van der Waals surface area contributed by atoms with Crippen molar-refractivity contribution in [2.75, 3.05) is 49.2 Å². The molecule has 1 aromatic carbocycles. The molecule has 0 spiro atoms. The molecule has 0 unspecified atom stereocenters. The van der Waals surface area contributed by atoms with E-state index in [1.54, 1.807) is 12.5 Å². The van der Waals surface area contributed by atoms with Crippen LogP contribution in [0.2, 0.25) is 0 Å². The van der Waals surface area contributed by atoms with Gasteiger partial charge in [-0.15, -0.1) is 12.4 Å². The first kappa shape index (κ1) is 31.6. The van der Waals surface area contributed by atoms with E-state index in [4.69, 9.17) is 9.47 Å². The van der Waals surface area contributed by atoms with Crippen molar-refractivity contribution >= 4 is 47.3 Å². The first-order chi connectivity index (χ1) is 20.7. The number of benzene rings is 1. The van der Waals surface area contributed by atoms with Crippen LogP contribution >= 0.6 is 12.4 Å². The molecule has 9 nitrogen and oxygen atoms in total. The van der Waals surface area contributed by atoms with E-state index >= 15 is 0 Å². The van der Waals surface area contributed by atoms with Crippen molar-refractivity contribution in [3.63, 3.8) is 0 Å². The highest BCUT2D eigenvalue weighted by atomic mass is 35.5. The molecular weight excluding hydrogens is 578 g/mol. The SMILES string of the molecule is CC(C)(C)OC(=O)CC1CN(c2ccnc(CC(=O)Cc3ccc(C4=Cc5c(ncnc5N5CCOCC5)C4)cc3)c2)C1.Cl. The zero-order valence-corrected chi connectivity index (χ0v) is 26.4. The van der Waals surface area contributed by atoms with Gasteiger partial charge in [-0.1, -0.05) is 24.3 Å². The quantitative estimate of drug-likeness (QED) is 0.315. The molecule has 4 heterocycles. The molecule has 0 atom stereocenters. The maximum atomic E-state index is 13.0. The Kier molecular flexibility index (Phi) is 9.65. The van der Waals surface area contributed by atoms with Gasteiger partial charge >= 0.3 is 5.97 Å². The van der Waals surface area contributed by atoms with E-state index in [1.165, 1.54) is 5.57 Å². The minimum Gasteiger partial charge on any atom is -0.460 e. The Labute approximate surface area is 265 Å². The number of ether oxygens (including phenoxy) is 2. The summed E-state index contributed by atoms with van der Waals surface area (Å²) in [6.45, 7) is 10.4. The molecule has 0 amide bonds. The van der Waals surface area contributed by atoms with Gasteiger partial charge in [-0.2, -0.15) is 0 Å². The molecule has 0 radical (unpaired) electrons. The second-order valence-corrected chi connectivity index (χ2v) is 12.7. The van der Waals surface area contributed by atoms with Gasteiger partial charge < -0.3 is 19.3 Å². The van der Waals surface area contributed by atoms with Crippen molar-refractivity contribution in [2.45, 2.75) is 52.1 Å². The van der Waals surface area contributed by atoms with Gasteiger partial charge in [0.25, 0.3) is 0 Å². The van der Waals surface area contributed by atoms with E-state index in [0.717, 1.165) is 72.2 Å². The average Bonchev–Trinajstić information content (AvgIpc) is 3.39. The fraction of sp³-hybridized carbons (Fsp3) is 0.441. The smallest absolute Gasteiger partial charge is 0.306 e. The summed E-state index contributed by atoms with van der Waals surface area (Å²) in [6, 6.07) is 12.2. The highest BCUT2D eigenvalue weighted by molar-refractivity contribution is 5.91. The molecule has 0 bridgehead atoms. The average molecular weight is 618 g/mol. The number of ketones is 1. The first-order valence-corrected chi connectivity index (χ1v) is 15.1. The normalized spacial score (nSPS) is 16.5. The number of nitrogens with zero attached hydrogens (tertiary/aromatic N) is 5. The fourth-order valence-corrected chi connectivity index (χ4v) is 5.94. The number of aromatic nitrogens is 3. The van der Waals surface area contributed by atoms with Crippen molar-refractivity contribution in [1.82, 2.24) is 15.0 Å². The fourth-order valence-electron chi connectivity index (χ4n) is 5.94. The van der Waals surface area contributed by atoms with E-state index in [1.807, 2.05) is 45.0 Å². The van der Waals surface area contributed by atoms with Crippen LogP contribution in [0, 0.1) is 5.92 Å². The second kappa shape index (κ2) is 13.4. The van der Waals surface area contributed by atoms with Gasteiger partial charge in [0.2, 0.25) is 0 Å². The minimum absolute atomic E-state index is 0. The predicted molar refractivity (Wildman–Crippen MR) is 173 cm³/mol. The summed E-state index contributed by atoms with van der Waals surface area (Å²) in [5.74, 6) is 1.24. The van der Waals surface area contributed by atoms with E-state index < -0.39 is 5.60 Å². The van der Waals surface area contributed by atoms with Crippen LogP contribution in [0.3, 0.4) is 0 Å². The molecule has 2 aliphatic heterocycles. The number of carbonyl (C=O) groups is 2. The number of hydrogen-bond donors (Lipinski definition) is 0. The molecule has 3 aromatic rings. The summed E-state index contributed by atoms with van der Waals surface area (Å²) < 4.78 is 11.0. The van der Waals surface area contributed by atoms with Gasteiger partial charge in [0.15, 0.2) is 0 Å². The number of morpholine rings is 1. The standard InChI is InChI=1S/C34H39N5O4.ClH/c1-34(2,3)43-32(41)15-24-20-39(21-24)28-8-9-35-27(18-28)19-29(40)14-23-4-6-25(7-5-23)26-16-30-31(17-26)36-22-37-33(30)38-10-12-42-13-11-38;/h4-9,16,18,22,24H,10-15,17,19-21H2,1-3H3;1H. The van der Waals surface area contributed by atoms with Crippen LogP contribution in [0.1, 0.15) is 55.3 Å². The molecule has 44 heavy (non-hydrogen) atoms. The Bertz CT molecular complexity index is 1520. The molecule has 2 saturated heterocycles. The van der Waals surface area contributed by atoms with Crippen molar-refractivity contribution in [2.24, 2.45) is 5.92 Å². The van der Waals surface area contributed by atoms with Gasteiger partial charge in [-0.05, 0) is 55.7 Å². The van der Waals surface area contributed by atoms with Crippen molar-refractivity contribution < 1.29 is 19.1 Å². The molecule has 232 valence electrons. The molecule has 3 aliphatic rings. The summed E-state index contributed by atoms with van der Waals surface area (Å²) in [5.41, 5.74) is 6.83. The number of carbonyl (C=O) groups excluding carboxylic acids is 2. The van der Waals surface area contributed by atoms with E-state index in [9.17, 15) is 9.59 Å². The van der Waals surface area contributed by atoms with Crippen LogP contribution in [-0.4, -0.2) is 71.7 Å². The Balaban J connectivity index is 0.00000384. The largest absolute Gasteiger partial charge is 0.460 e. The summed E-state index contributed by atoms with van der Waals surface area (Å²) in [6.07, 6.45) is 7.47. The number of esters is 1. The highest BCUT2D eigenvalue weighted by Gasteiger charge is 2.31. The summed E-state index contributed by atoms with van der Waals surface area (Å²) >= 11 is 0. The predicted octanol–water partition coefficient (Wildman–Crippen LogP) is 4.75. The van der Waals surface area contributed by atoms with E-state index in [2.05, 4.69) is 43.0 Å². The number of hydrogen-bond acceptors (Lipinski definition) is 9. The Morgan fingerprint density at radius 3 is 2.45 bits per heavy atom. The topological polar surface area (TPSA) is 97.8 Å². The number of Topliss-reactive ketones (excluding diaryl/α,β-unsaturated/α-hetero) is 1. The molecule has 10 heteroatoms. The Morgan fingerprint density at radius 2 is 1.73 bits per heavy atom. The third kappa shape index (κ3) is 7.63. The number of pyridine rings is 1. The van der Waals surface area contributed by atoms with Crippen LogP contribution in [0.25, 0.3) is 11.6 Å². The van der Waals surface area contributed by atoms with Crippen molar-refractivity contribution in [3.05, 3.63) is 77.0 Å². The first-order valence-electron chi connectivity index (χ1n) is 15.1. The number of anilines is 2. The van der Waals surface area contributed by atoms with E-state index in [-0.39, 0.29) is 36.5 Å². The summed E-state index contributed by atoms with van der Waals surface area (Å²) in [5, 5.41) is 0. The molecule has 0 saturated carbocycles. The lowest BCUT2D eigenvalue weighted by Gasteiger charge is -2.41. The molecule has 1 aliphatic carbocycles. The van der Waals surface area contributed by atoms with Gasteiger partial charge in [0, 0.05) is 74.5 Å². The van der Waals surface area contributed by atoms with Crippen LogP contribution < -0.4 is 9.80 Å². The van der Waals surface area contributed by atoms with Gasteiger partial charge in [0.1, 0.15) is 23.5 Å². The lowest BCUT2D eigenvalue weighted by atomic mass is 9.95. The zero-order chi connectivity index (χ0) is 30.0. The zero-order valence-electron chi connectivity index (χ0n) is 25.6. The second-order valence-electron chi connectivity index (χ2n) is 12.7. The summed E-state index contributed by atoms with van der Waals surface area (Å²) in [4.78, 5) is 43.2. The molecule has 0 N–H and O–H groups in total. The van der Waals surface area contributed by atoms with Crippen molar-refractivity contribution in [3.8, 4) is 0 Å². The monoisotopic (exact) mass is 617 g/mol. The number of halogens is 1. The Morgan fingerprint density at radius 1 is 0.977 bits per heavy atom. The molecule has 2 fully saturated rings. The molecule has 6 rings (SSSR count). The third-order valence-electron chi connectivity index (χ3n) is 8.03. The number of rotatable bonds is 9. The minimum atomic E-state index is -0.460. The third-order valence-corrected chi connectivity index (χ3v) is 8.03. The Hall–Kier alpha value is -3.82. The number of allylic oxidation sites excluding steroid dienone is 1. The van der Waals surface area contributed by atoms with Gasteiger partial charge in [0.05, 0.1) is 25.3 Å². The lowest BCUT2D eigenvalue weighted by Crippen LogP contribution is -2.48. The maximum absolute atomic E-state index is 13.0. The number of fused-ring (bicyclic) bond motifs is 1. The molecule has 2 aromatic heterocycles. The highest BCUT2D eigenvalue weighted by Crippen LogP contribution is 2.35. The van der Waals surface area contributed by atoms with Gasteiger partial charge in [-0.25, -0.2) is 9.97 Å². The summed E-state index contributed by atoms with van der Waals surface area (Å²) in [7, 11) is 0. The van der Waals surface area contributed by atoms with Crippen LogP contribution in [0.5, 0.6) is 0 Å². The van der Waals surface area contributed by atoms with Crippen LogP contribution in [0.15, 0.2) is 48.9 Å². The lowest BCUT2D eigenvalue weighted by molar-refractivity contribution is -0.156. The van der Waals surface area contributed by atoms with Gasteiger partial charge in [-0.3, -0.25) is 14.6 Å². The van der Waals surface area contributed by atoms with Crippen molar-refractivity contribution in [1.29, 1.82) is 0 Å².